The highest BCUT2D eigenvalue weighted by molar-refractivity contribution is 5.33. The second-order valence-corrected chi connectivity index (χ2v) is 5.91. The van der Waals surface area contributed by atoms with Gasteiger partial charge in [-0.3, -0.25) is 4.90 Å². The lowest BCUT2D eigenvalue weighted by atomic mass is 9.97. The molecule has 8 heteroatoms. The van der Waals surface area contributed by atoms with Crippen molar-refractivity contribution >= 4 is 0 Å². The summed E-state index contributed by atoms with van der Waals surface area (Å²) in [7, 11) is 0. The maximum atomic E-state index is 13.3. The van der Waals surface area contributed by atoms with Gasteiger partial charge in [-0.2, -0.15) is 18.3 Å². The van der Waals surface area contributed by atoms with E-state index in [2.05, 4.69) is 10.1 Å². The van der Waals surface area contributed by atoms with E-state index in [0.717, 1.165) is 6.07 Å². The maximum absolute atomic E-state index is 13.3. The molecule has 0 spiro atoms. The van der Waals surface area contributed by atoms with Crippen molar-refractivity contribution < 1.29 is 18.3 Å². The lowest BCUT2D eigenvalue weighted by Crippen LogP contribution is -2.27. The number of alkyl halides is 3. The summed E-state index contributed by atoms with van der Waals surface area (Å²) in [5.74, 6) is 0.682. The van der Waals surface area contributed by atoms with Crippen molar-refractivity contribution in [1.82, 2.24) is 19.7 Å². The molecule has 5 nitrogen and oxygen atoms in total. The van der Waals surface area contributed by atoms with E-state index >= 15 is 0 Å². The third-order valence-corrected chi connectivity index (χ3v) is 4.35. The molecule has 0 saturated carbocycles. The van der Waals surface area contributed by atoms with Gasteiger partial charge >= 0.3 is 6.18 Å². The smallest absolute Gasteiger partial charge is 0.392 e. The molecule has 0 amide bonds. The Bertz CT molecular complexity index is 701. The summed E-state index contributed by atoms with van der Waals surface area (Å²) in [6.45, 7) is 3.22. The number of aliphatic hydroxyl groups is 1. The Labute approximate surface area is 137 Å². The summed E-state index contributed by atoms with van der Waals surface area (Å²) >= 11 is 0. The van der Waals surface area contributed by atoms with E-state index in [1.54, 1.807) is 10.7 Å². The van der Waals surface area contributed by atoms with Crippen LogP contribution in [-0.2, 0) is 19.3 Å². The number of rotatable bonds is 4. The van der Waals surface area contributed by atoms with Crippen molar-refractivity contribution in [2.75, 3.05) is 6.54 Å². The van der Waals surface area contributed by atoms with E-state index in [1.807, 2.05) is 11.8 Å². The van der Waals surface area contributed by atoms with Crippen molar-refractivity contribution in [2.45, 2.75) is 44.8 Å². The van der Waals surface area contributed by atoms with Gasteiger partial charge in [-0.15, -0.1) is 0 Å². The van der Waals surface area contributed by atoms with Gasteiger partial charge in [-0.25, -0.2) is 9.67 Å². The van der Waals surface area contributed by atoms with Crippen LogP contribution in [0.2, 0.25) is 0 Å². The van der Waals surface area contributed by atoms with Gasteiger partial charge in [0.15, 0.2) is 0 Å². The van der Waals surface area contributed by atoms with Crippen LogP contribution in [0.5, 0.6) is 0 Å². The molecule has 0 aliphatic carbocycles. The van der Waals surface area contributed by atoms with Crippen LogP contribution in [0, 0.1) is 0 Å². The fourth-order valence-corrected chi connectivity index (χ4v) is 3.28. The number of hydrogen-bond donors (Lipinski definition) is 1. The van der Waals surface area contributed by atoms with Gasteiger partial charge < -0.3 is 5.11 Å². The van der Waals surface area contributed by atoms with Crippen molar-refractivity contribution in [3.8, 4) is 0 Å². The number of halogens is 3. The van der Waals surface area contributed by atoms with Gasteiger partial charge in [-0.1, -0.05) is 18.2 Å². The Morgan fingerprint density at radius 1 is 1.29 bits per heavy atom. The zero-order valence-corrected chi connectivity index (χ0v) is 13.2. The normalized spacial score (nSPS) is 22.2. The molecular weight excluding hydrogens is 321 g/mol. The largest absolute Gasteiger partial charge is 0.416 e. The number of β-amino-alcohol motifs (C(OH)–C–C–N with tert-alkyl or cyclic N) is 1. The molecule has 3 rings (SSSR count). The fraction of sp³-hybridized carbons (Fsp3) is 0.500. The lowest BCUT2D eigenvalue weighted by Gasteiger charge is -2.26. The molecule has 0 bridgehead atoms. The van der Waals surface area contributed by atoms with E-state index in [4.69, 9.17) is 0 Å². The van der Waals surface area contributed by atoms with Crippen LogP contribution in [-0.4, -0.2) is 37.4 Å². The van der Waals surface area contributed by atoms with E-state index < -0.39 is 23.9 Å². The molecule has 130 valence electrons. The SMILES string of the molecule is CCn1ncnc1CN1C[C@@H](O)C[C@H]1c1ccccc1C(F)(F)F. The first-order valence-corrected chi connectivity index (χ1v) is 7.85. The summed E-state index contributed by atoms with van der Waals surface area (Å²) in [6, 6.07) is 5.06. The summed E-state index contributed by atoms with van der Waals surface area (Å²) in [4.78, 5) is 6.02. The summed E-state index contributed by atoms with van der Waals surface area (Å²) < 4.78 is 41.6. The molecule has 1 aliphatic rings. The third-order valence-electron chi connectivity index (χ3n) is 4.35. The summed E-state index contributed by atoms with van der Waals surface area (Å²) in [5.41, 5.74) is -0.449. The van der Waals surface area contributed by atoms with Crippen molar-refractivity contribution in [3.63, 3.8) is 0 Å². The summed E-state index contributed by atoms with van der Waals surface area (Å²) in [6.07, 6.45) is -3.37. The average Bonchev–Trinajstić information content (AvgIpc) is 3.13. The number of aliphatic hydroxyl groups excluding tert-OH is 1. The second kappa shape index (κ2) is 6.52. The molecule has 1 saturated heterocycles. The maximum Gasteiger partial charge on any atom is 0.416 e. The van der Waals surface area contributed by atoms with E-state index in [1.165, 1.54) is 18.5 Å². The second-order valence-electron chi connectivity index (χ2n) is 5.91. The van der Waals surface area contributed by atoms with Crippen molar-refractivity contribution in [2.24, 2.45) is 0 Å². The van der Waals surface area contributed by atoms with Crippen LogP contribution in [0.15, 0.2) is 30.6 Å². The number of benzene rings is 1. The fourth-order valence-electron chi connectivity index (χ4n) is 3.28. The number of likely N-dealkylation sites (tertiary alicyclic amines) is 1. The predicted molar refractivity (Wildman–Crippen MR) is 80.9 cm³/mol. The third kappa shape index (κ3) is 3.29. The van der Waals surface area contributed by atoms with Gasteiger partial charge in [0.05, 0.1) is 18.2 Å². The molecule has 0 unspecified atom stereocenters. The Hall–Kier alpha value is -1.93. The minimum absolute atomic E-state index is 0.198. The zero-order valence-electron chi connectivity index (χ0n) is 13.2. The van der Waals surface area contributed by atoms with Gasteiger partial charge in [0.2, 0.25) is 0 Å². The quantitative estimate of drug-likeness (QED) is 0.930. The molecule has 1 aliphatic heterocycles. The standard InChI is InChI=1S/C16H19F3N4O/c1-2-23-15(20-10-21-23)9-22-8-11(24)7-14(22)12-5-3-4-6-13(12)16(17,18)19/h3-6,10-11,14,24H,2,7-9H2,1H3/t11-,14-/m0/s1. The minimum atomic E-state index is -4.42. The number of hydrogen-bond acceptors (Lipinski definition) is 4. The van der Waals surface area contributed by atoms with Gasteiger partial charge in [0, 0.05) is 19.1 Å². The first kappa shape index (κ1) is 16.9. The molecule has 2 heterocycles. The molecule has 1 N–H and O–H groups in total. The highest BCUT2D eigenvalue weighted by Crippen LogP contribution is 2.40. The Kier molecular flexibility index (Phi) is 4.60. The average molecular weight is 340 g/mol. The van der Waals surface area contributed by atoms with Crippen LogP contribution in [0.25, 0.3) is 0 Å². The van der Waals surface area contributed by atoms with Crippen LogP contribution < -0.4 is 0 Å². The van der Waals surface area contributed by atoms with Crippen molar-refractivity contribution in [3.05, 3.63) is 47.5 Å². The molecule has 24 heavy (non-hydrogen) atoms. The Morgan fingerprint density at radius 2 is 2.04 bits per heavy atom. The van der Waals surface area contributed by atoms with E-state index in [0.29, 0.717) is 25.5 Å². The van der Waals surface area contributed by atoms with Crippen LogP contribution in [0.3, 0.4) is 0 Å². The van der Waals surface area contributed by atoms with E-state index in [9.17, 15) is 18.3 Å². The molecule has 1 fully saturated rings. The van der Waals surface area contributed by atoms with Gasteiger partial charge in [0.25, 0.3) is 0 Å². The van der Waals surface area contributed by atoms with Crippen LogP contribution in [0.1, 0.15) is 36.3 Å². The number of aromatic nitrogens is 3. The van der Waals surface area contributed by atoms with Gasteiger partial charge in [-0.05, 0) is 25.0 Å². The predicted octanol–water partition coefficient (Wildman–Crippen LogP) is 2.62. The first-order valence-electron chi connectivity index (χ1n) is 7.85. The molecule has 0 radical (unpaired) electrons. The topological polar surface area (TPSA) is 54.2 Å². The minimum Gasteiger partial charge on any atom is -0.392 e. The van der Waals surface area contributed by atoms with E-state index in [-0.39, 0.29) is 12.0 Å². The molecule has 2 aromatic rings. The highest BCUT2D eigenvalue weighted by Gasteiger charge is 2.40. The van der Waals surface area contributed by atoms with Crippen LogP contribution in [0.4, 0.5) is 13.2 Å². The molecular formula is C16H19F3N4O. The Morgan fingerprint density at radius 3 is 2.75 bits per heavy atom. The number of nitrogens with zero attached hydrogens (tertiary/aromatic N) is 4. The first-order chi connectivity index (χ1) is 11.4. The summed E-state index contributed by atoms with van der Waals surface area (Å²) in [5, 5.41) is 14.1. The monoisotopic (exact) mass is 340 g/mol. The highest BCUT2D eigenvalue weighted by atomic mass is 19.4. The molecule has 1 aromatic heterocycles. The van der Waals surface area contributed by atoms with Crippen molar-refractivity contribution in [1.29, 1.82) is 0 Å². The number of aryl methyl sites for hydroxylation is 1. The zero-order chi connectivity index (χ0) is 17.3. The molecule has 1 aromatic carbocycles. The van der Waals surface area contributed by atoms with Crippen LogP contribution >= 0.6 is 0 Å². The molecule has 2 atom stereocenters. The lowest BCUT2D eigenvalue weighted by molar-refractivity contribution is -0.138. The Balaban J connectivity index is 1.92. The van der Waals surface area contributed by atoms with Gasteiger partial charge in [0.1, 0.15) is 12.2 Å².